The quantitative estimate of drug-likeness (QED) is 0.769. The van der Waals surface area contributed by atoms with Crippen molar-refractivity contribution in [3.63, 3.8) is 0 Å². The van der Waals surface area contributed by atoms with Gasteiger partial charge in [0, 0.05) is 44.2 Å². The smallest absolute Gasteiger partial charge is 0.273 e. The molecule has 0 radical (unpaired) electrons. The molecule has 9 heteroatoms. The van der Waals surface area contributed by atoms with E-state index in [-0.39, 0.29) is 24.7 Å². The van der Waals surface area contributed by atoms with Crippen LogP contribution in [0, 0.1) is 11.3 Å². The first-order chi connectivity index (χ1) is 11.4. The number of carbonyl (C=O) groups is 2. The summed E-state index contributed by atoms with van der Waals surface area (Å²) in [4.78, 5) is 29.6. The number of hydrogen-bond donors (Lipinski definition) is 2. The zero-order chi connectivity index (χ0) is 17.3. The third-order valence-electron chi connectivity index (χ3n) is 3.74. The Balaban J connectivity index is 1.79. The molecular formula is C15H14N6O3. The Labute approximate surface area is 137 Å². The van der Waals surface area contributed by atoms with Crippen LogP contribution in [0.5, 0.6) is 0 Å². The lowest BCUT2D eigenvalue weighted by Crippen LogP contribution is -2.38. The molecule has 1 fully saturated rings. The molecule has 2 amide bonds. The minimum atomic E-state index is -2.00. The average Bonchev–Trinajstić information content (AvgIpc) is 3.13. The number of nitriles is 1. The minimum absolute atomic E-state index is 0.0298. The van der Waals surface area contributed by atoms with E-state index in [2.05, 4.69) is 15.4 Å². The lowest BCUT2D eigenvalue weighted by molar-refractivity contribution is -0.128. The Morgan fingerprint density at radius 2 is 2.33 bits per heavy atom. The number of anilines is 2. The predicted octanol–water partition coefficient (Wildman–Crippen LogP) is 0.0588. The molecule has 0 saturated carbocycles. The summed E-state index contributed by atoms with van der Waals surface area (Å²) in [7, 11) is 1.70. The third kappa shape index (κ3) is 2.70. The van der Waals surface area contributed by atoms with Crippen LogP contribution in [0.15, 0.2) is 30.7 Å². The fraction of sp³-hybridized carbons (Fsp3) is 0.267. The van der Waals surface area contributed by atoms with E-state index in [1.54, 1.807) is 25.4 Å². The number of carbonyl (C=O) groups excluding carboxylic acids is 2. The van der Waals surface area contributed by atoms with Crippen LogP contribution in [-0.2, 0) is 11.8 Å². The SMILES string of the molecule is Cn1cc(C(=O)Nc2cc(N3CC[C@](O)(C#N)C3=O)ccn2)cn1. The van der Waals surface area contributed by atoms with Gasteiger partial charge in [-0.1, -0.05) is 0 Å². The van der Waals surface area contributed by atoms with Gasteiger partial charge in [0.1, 0.15) is 11.9 Å². The van der Waals surface area contributed by atoms with Gasteiger partial charge in [0.15, 0.2) is 0 Å². The number of pyridine rings is 1. The first-order valence-corrected chi connectivity index (χ1v) is 7.14. The highest BCUT2D eigenvalue weighted by Gasteiger charge is 2.46. The largest absolute Gasteiger partial charge is 0.368 e. The molecule has 2 N–H and O–H groups in total. The molecule has 1 saturated heterocycles. The van der Waals surface area contributed by atoms with Crippen LogP contribution in [0.3, 0.4) is 0 Å². The fourth-order valence-corrected chi connectivity index (χ4v) is 2.44. The molecule has 0 unspecified atom stereocenters. The number of hydrogen-bond acceptors (Lipinski definition) is 6. The molecule has 2 aromatic rings. The Morgan fingerprint density at radius 1 is 1.54 bits per heavy atom. The highest BCUT2D eigenvalue weighted by molar-refractivity contribution is 6.05. The van der Waals surface area contributed by atoms with Crippen molar-refractivity contribution in [2.45, 2.75) is 12.0 Å². The standard InChI is InChI=1S/C15H14N6O3/c1-20-8-10(7-18-20)13(22)19-12-6-11(2-4-17-12)21-5-3-15(24,9-16)14(21)23/h2,4,6-8,24H,3,5H2,1H3,(H,17,19,22)/t15-/m0/s1. The molecule has 9 nitrogen and oxygen atoms in total. The summed E-state index contributed by atoms with van der Waals surface area (Å²) in [5.41, 5.74) is -1.17. The second kappa shape index (κ2) is 5.75. The van der Waals surface area contributed by atoms with Crippen LogP contribution in [0.2, 0.25) is 0 Å². The summed E-state index contributed by atoms with van der Waals surface area (Å²) in [6, 6.07) is 4.71. The molecule has 0 bridgehead atoms. The van der Waals surface area contributed by atoms with Gasteiger partial charge in [0.25, 0.3) is 11.8 Å². The number of aryl methyl sites for hydroxylation is 1. The van der Waals surface area contributed by atoms with Gasteiger partial charge in [-0.3, -0.25) is 14.3 Å². The summed E-state index contributed by atoms with van der Waals surface area (Å²) in [5.74, 6) is -0.809. The van der Waals surface area contributed by atoms with Gasteiger partial charge in [0.2, 0.25) is 5.60 Å². The number of aromatic nitrogens is 3. The normalized spacial score (nSPS) is 20.0. The third-order valence-corrected chi connectivity index (χ3v) is 3.74. The van der Waals surface area contributed by atoms with Crippen molar-refractivity contribution in [3.05, 3.63) is 36.3 Å². The van der Waals surface area contributed by atoms with Crippen LogP contribution in [-0.4, -0.2) is 43.8 Å². The van der Waals surface area contributed by atoms with Crippen LogP contribution in [0.25, 0.3) is 0 Å². The van der Waals surface area contributed by atoms with Crippen molar-refractivity contribution in [2.24, 2.45) is 7.05 Å². The second-order valence-electron chi connectivity index (χ2n) is 5.43. The van der Waals surface area contributed by atoms with Gasteiger partial charge in [-0.2, -0.15) is 10.4 Å². The molecule has 1 aliphatic heterocycles. The Hall–Kier alpha value is -3.25. The minimum Gasteiger partial charge on any atom is -0.368 e. The van der Waals surface area contributed by atoms with E-state index in [1.165, 1.54) is 28.0 Å². The molecule has 3 heterocycles. The van der Waals surface area contributed by atoms with Gasteiger partial charge in [-0.25, -0.2) is 4.98 Å². The van der Waals surface area contributed by atoms with Crippen molar-refractivity contribution in [3.8, 4) is 6.07 Å². The molecule has 0 aliphatic carbocycles. The van der Waals surface area contributed by atoms with Crippen molar-refractivity contribution in [1.29, 1.82) is 5.26 Å². The van der Waals surface area contributed by atoms with Crippen molar-refractivity contribution in [2.75, 3.05) is 16.8 Å². The maximum absolute atomic E-state index is 12.2. The topological polar surface area (TPSA) is 124 Å². The zero-order valence-electron chi connectivity index (χ0n) is 12.8. The van der Waals surface area contributed by atoms with E-state index in [1.807, 2.05) is 0 Å². The van der Waals surface area contributed by atoms with E-state index < -0.39 is 11.5 Å². The molecule has 0 aromatic carbocycles. The summed E-state index contributed by atoms with van der Waals surface area (Å²) in [6.07, 6.45) is 4.46. The van der Waals surface area contributed by atoms with Gasteiger partial charge >= 0.3 is 0 Å². The summed E-state index contributed by atoms with van der Waals surface area (Å²) in [5, 5.41) is 25.4. The number of amides is 2. The monoisotopic (exact) mass is 326 g/mol. The molecule has 24 heavy (non-hydrogen) atoms. The lowest BCUT2D eigenvalue weighted by Gasteiger charge is -2.18. The number of nitrogens with one attached hydrogen (secondary N) is 1. The van der Waals surface area contributed by atoms with E-state index in [9.17, 15) is 14.7 Å². The van der Waals surface area contributed by atoms with Crippen LogP contribution in [0.1, 0.15) is 16.8 Å². The Kier molecular flexibility index (Phi) is 3.75. The summed E-state index contributed by atoms with van der Waals surface area (Å²) >= 11 is 0. The van der Waals surface area contributed by atoms with E-state index in [4.69, 9.17) is 5.26 Å². The van der Waals surface area contributed by atoms with Gasteiger partial charge < -0.3 is 15.3 Å². The van der Waals surface area contributed by atoms with Gasteiger partial charge in [-0.05, 0) is 6.07 Å². The average molecular weight is 326 g/mol. The molecular weight excluding hydrogens is 312 g/mol. The molecule has 2 aromatic heterocycles. The van der Waals surface area contributed by atoms with Gasteiger partial charge in [-0.15, -0.1) is 0 Å². The van der Waals surface area contributed by atoms with Crippen molar-refractivity contribution < 1.29 is 14.7 Å². The molecule has 0 spiro atoms. The maximum atomic E-state index is 12.2. The number of aliphatic hydroxyl groups is 1. The van der Waals surface area contributed by atoms with E-state index >= 15 is 0 Å². The second-order valence-corrected chi connectivity index (χ2v) is 5.43. The molecule has 3 rings (SSSR count). The van der Waals surface area contributed by atoms with Crippen LogP contribution < -0.4 is 10.2 Å². The van der Waals surface area contributed by atoms with Crippen molar-refractivity contribution in [1.82, 2.24) is 14.8 Å². The summed E-state index contributed by atoms with van der Waals surface area (Å²) < 4.78 is 1.50. The molecule has 1 aliphatic rings. The predicted molar refractivity (Wildman–Crippen MR) is 82.9 cm³/mol. The summed E-state index contributed by atoms with van der Waals surface area (Å²) in [6.45, 7) is 0.211. The van der Waals surface area contributed by atoms with Crippen molar-refractivity contribution >= 4 is 23.3 Å². The first kappa shape index (κ1) is 15.6. The first-order valence-electron chi connectivity index (χ1n) is 7.14. The number of rotatable bonds is 3. The fourth-order valence-electron chi connectivity index (χ4n) is 2.44. The lowest BCUT2D eigenvalue weighted by atomic mass is 10.1. The highest BCUT2D eigenvalue weighted by Crippen LogP contribution is 2.28. The Morgan fingerprint density at radius 3 is 2.96 bits per heavy atom. The maximum Gasteiger partial charge on any atom is 0.273 e. The van der Waals surface area contributed by atoms with Crippen LogP contribution >= 0.6 is 0 Å². The zero-order valence-corrected chi connectivity index (χ0v) is 12.8. The molecule has 122 valence electrons. The van der Waals surface area contributed by atoms with E-state index in [0.717, 1.165) is 0 Å². The van der Waals surface area contributed by atoms with Crippen LogP contribution in [0.4, 0.5) is 11.5 Å². The Bertz CT molecular complexity index is 855. The number of nitrogens with zero attached hydrogens (tertiary/aromatic N) is 5. The molecule has 1 atom stereocenters. The van der Waals surface area contributed by atoms with Gasteiger partial charge in [0.05, 0.1) is 11.8 Å². The van der Waals surface area contributed by atoms with E-state index in [0.29, 0.717) is 11.3 Å². The highest BCUT2D eigenvalue weighted by atomic mass is 16.3.